The lowest BCUT2D eigenvalue weighted by atomic mass is 10.2. The van der Waals surface area contributed by atoms with Crippen molar-refractivity contribution in [1.82, 2.24) is 10.3 Å². The number of benzene rings is 2. The molecule has 3 aromatic rings. The number of nitrogens with one attached hydrogen (secondary N) is 1. The molecule has 3 N–H and O–H groups in total. The van der Waals surface area contributed by atoms with Crippen LogP contribution in [0.4, 0.5) is 17.6 Å². The van der Waals surface area contributed by atoms with Crippen molar-refractivity contribution in [2.75, 3.05) is 0 Å². The number of ether oxygens (including phenoxy) is 2. The summed E-state index contributed by atoms with van der Waals surface area (Å²) in [5.41, 5.74) is 7.05. The summed E-state index contributed by atoms with van der Waals surface area (Å²) in [5.74, 6) is -0.282. The first-order valence-corrected chi connectivity index (χ1v) is 9.03. The highest BCUT2D eigenvalue weighted by Gasteiger charge is 2.30. The molecule has 0 saturated heterocycles. The van der Waals surface area contributed by atoms with Crippen LogP contribution in [0.25, 0.3) is 0 Å². The molecular weight excluding hydrogens is 416 g/mol. The standard InChI is InChI=1S/C21H18F4N4O2/c22-18-10-15(5-8-19(18)30-17-2-1-9-27-13-17)12-29-20(26)28-11-14-3-6-16(7-4-14)31-21(23,24)25/h1-10,13H,11-12H2,(H3,26,28,29). The second kappa shape index (κ2) is 9.79. The zero-order chi connectivity index (χ0) is 22.3. The maximum atomic E-state index is 14.2. The van der Waals surface area contributed by atoms with E-state index in [1.165, 1.54) is 42.6 Å². The fraction of sp³-hybridized carbons (Fsp3) is 0.143. The maximum Gasteiger partial charge on any atom is 0.573 e. The molecule has 0 radical (unpaired) electrons. The number of halogens is 4. The van der Waals surface area contributed by atoms with E-state index < -0.39 is 12.2 Å². The average Bonchev–Trinajstić information content (AvgIpc) is 2.73. The molecule has 3 rings (SSSR count). The van der Waals surface area contributed by atoms with Crippen molar-refractivity contribution in [3.05, 3.63) is 83.9 Å². The van der Waals surface area contributed by atoms with Gasteiger partial charge in [-0.05, 0) is 47.5 Å². The minimum absolute atomic E-state index is 0.0600. The Morgan fingerprint density at radius 1 is 1.03 bits per heavy atom. The lowest BCUT2D eigenvalue weighted by molar-refractivity contribution is -0.274. The van der Waals surface area contributed by atoms with Gasteiger partial charge in [-0.2, -0.15) is 0 Å². The Morgan fingerprint density at radius 2 is 1.77 bits per heavy atom. The number of hydrogen-bond donors (Lipinski definition) is 2. The van der Waals surface area contributed by atoms with Crippen molar-refractivity contribution in [3.8, 4) is 17.2 Å². The Balaban J connectivity index is 1.51. The fourth-order valence-corrected chi connectivity index (χ4v) is 2.49. The first-order chi connectivity index (χ1) is 14.8. The molecule has 1 heterocycles. The molecule has 31 heavy (non-hydrogen) atoms. The van der Waals surface area contributed by atoms with Crippen LogP contribution in [0.3, 0.4) is 0 Å². The SMILES string of the molecule is NC(=NCc1ccc(Oc2cccnc2)c(F)c1)NCc1ccc(OC(F)(F)F)cc1. The highest BCUT2D eigenvalue weighted by Crippen LogP contribution is 2.25. The predicted octanol–water partition coefficient (Wildman–Crippen LogP) is 4.52. The number of nitrogens with zero attached hydrogens (tertiary/aromatic N) is 2. The molecule has 0 fully saturated rings. The van der Waals surface area contributed by atoms with E-state index in [0.29, 0.717) is 16.9 Å². The molecule has 0 atom stereocenters. The van der Waals surface area contributed by atoms with Crippen molar-refractivity contribution in [2.45, 2.75) is 19.5 Å². The van der Waals surface area contributed by atoms with Gasteiger partial charge in [-0.3, -0.25) is 4.98 Å². The minimum Gasteiger partial charge on any atom is -0.453 e. The van der Waals surface area contributed by atoms with Crippen molar-refractivity contribution >= 4 is 5.96 Å². The fourth-order valence-electron chi connectivity index (χ4n) is 2.49. The van der Waals surface area contributed by atoms with Crippen LogP contribution in [0.2, 0.25) is 0 Å². The average molecular weight is 434 g/mol. The minimum atomic E-state index is -4.74. The number of guanidine groups is 1. The number of alkyl halides is 3. The van der Waals surface area contributed by atoms with E-state index in [0.717, 1.165) is 0 Å². The number of aromatic nitrogens is 1. The van der Waals surface area contributed by atoms with Gasteiger partial charge < -0.3 is 20.5 Å². The van der Waals surface area contributed by atoms with Gasteiger partial charge in [0, 0.05) is 12.7 Å². The predicted molar refractivity (Wildman–Crippen MR) is 106 cm³/mol. The summed E-state index contributed by atoms with van der Waals surface area (Å²) in [5, 5.41) is 2.83. The molecule has 0 amide bonds. The van der Waals surface area contributed by atoms with E-state index in [4.69, 9.17) is 10.5 Å². The van der Waals surface area contributed by atoms with Crippen LogP contribution in [0.1, 0.15) is 11.1 Å². The lowest BCUT2D eigenvalue weighted by Crippen LogP contribution is -2.31. The van der Waals surface area contributed by atoms with Gasteiger partial charge in [0.15, 0.2) is 17.5 Å². The number of pyridine rings is 1. The van der Waals surface area contributed by atoms with Gasteiger partial charge in [-0.25, -0.2) is 9.38 Å². The normalized spacial score (nSPS) is 11.8. The lowest BCUT2D eigenvalue weighted by Gasteiger charge is -2.10. The molecule has 0 saturated carbocycles. The Labute approximate surface area is 175 Å². The van der Waals surface area contributed by atoms with E-state index in [9.17, 15) is 17.6 Å². The highest BCUT2D eigenvalue weighted by atomic mass is 19.4. The molecule has 0 unspecified atom stereocenters. The van der Waals surface area contributed by atoms with E-state index >= 15 is 0 Å². The molecule has 0 spiro atoms. The van der Waals surface area contributed by atoms with Crippen LogP contribution in [0.5, 0.6) is 17.2 Å². The van der Waals surface area contributed by atoms with Gasteiger partial charge in [0.05, 0.1) is 12.7 Å². The second-order valence-electron chi connectivity index (χ2n) is 6.30. The molecule has 0 bridgehead atoms. The Morgan fingerprint density at radius 3 is 2.42 bits per heavy atom. The Hall–Kier alpha value is -3.82. The number of nitrogens with two attached hydrogens (primary N) is 1. The van der Waals surface area contributed by atoms with Crippen molar-refractivity contribution in [1.29, 1.82) is 0 Å². The molecule has 0 aliphatic heterocycles. The van der Waals surface area contributed by atoms with Gasteiger partial charge >= 0.3 is 6.36 Å². The second-order valence-corrected chi connectivity index (χ2v) is 6.30. The third-order valence-electron chi connectivity index (χ3n) is 3.92. The van der Waals surface area contributed by atoms with E-state index in [1.807, 2.05) is 0 Å². The molecule has 1 aromatic heterocycles. The van der Waals surface area contributed by atoms with Crippen LogP contribution in [-0.2, 0) is 13.1 Å². The van der Waals surface area contributed by atoms with Gasteiger partial charge in [0.25, 0.3) is 0 Å². The van der Waals surface area contributed by atoms with Crippen molar-refractivity contribution < 1.29 is 27.0 Å². The summed E-state index contributed by atoms with van der Waals surface area (Å²) in [4.78, 5) is 8.02. The third kappa shape index (κ3) is 7.18. The first-order valence-electron chi connectivity index (χ1n) is 9.03. The van der Waals surface area contributed by atoms with Gasteiger partial charge in [-0.15, -0.1) is 13.2 Å². The number of aliphatic imine (C=N–C) groups is 1. The topological polar surface area (TPSA) is 81.8 Å². The summed E-state index contributed by atoms with van der Waals surface area (Å²) in [6.07, 6.45) is -1.68. The Kier molecular flexibility index (Phi) is 6.91. The molecule has 10 heteroatoms. The van der Waals surface area contributed by atoms with Crippen molar-refractivity contribution in [3.63, 3.8) is 0 Å². The maximum absolute atomic E-state index is 14.2. The zero-order valence-corrected chi connectivity index (χ0v) is 16.1. The molecular formula is C21H18F4N4O2. The summed E-state index contributed by atoms with van der Waals surface area (Å²) >= 11 is 0. The van der Waals surface area contributed by atoms with Crippen LogP contribution in [-0.4, -0.2) is 17.3 Å². The summed E-state index contributed by atoms with van der Waals surface area (Å²) in [6.45, 7) is 0.370. The van der Waals surface area contributed by atoms with Crippen molar-refractivity contribution in [2.24, 2.45) is 10.7 Å². The van der Waals surface area contributed by atoms with Crippen LogP contribution in [0, 0.1) is 5.82 Å². The summed E-state index contributed by atoms with van der Waals surface area (Å²) < 4.78 is 60.0. The van der Waals surface area contributed by atoms with E-state index in [1.54, 1.807) is 24.4 Å². The number of rotatable bonds is 7. The van der Waals surface area contributed by atoms with Gasteiger partial charge in [-0.1, -0.05) is 18.2 Å². The highest BCUT2D eigenvalue weighted by molar-refractivity contribution is 5.77. The van der Waals surface area contributed by atoms with Crippen LogP contribution >= 0.6 is 0 Å². The van der Waals surface area contributed by atoms with Gasteiger partial charge in [0.2, 0.25) is 0 Å². The summed E-state index contributed by atoms with van der Waals surface area (Å²) in [7, 11) is 0. The molecule has 2 aromatic carbocycles. The molecule has 162 valence electrons. The smallest absolute Gasteiger partial charge is 0.453 e. The Bertz CT molecular complexity index is 1030. The molecule has 0 aliphatic carbocycles. The quantitative estimate of drug-likeness (QED) is 0.325. The monoisotopic (exact) mass is 434 g/mol. The van der Waals surface area contributed by atoms with E-state index in [-0.39, 0.29) is 30.5 Å². The number of hydrogen-bond acceptors (Lipinski definition) is 4. The zero-order valence-electron chi connectivity index (χ0n) is 16.1. The molecule has 0 aliphatic rings. The molecule has 6 nitrogen and oxygen atoms in total. The van der Waals surface area contributed by atoms with Crippen LogP contribution in [0.15, 0.2) is 72.0 Å². The first kappa shape index (κ1) is 21.9. The van der Waals surface area contributed by atoms with E-state index in [2.05, 4.69) is 20.0 Å². The third-order valence-corrected chi connectivity index (χ3v) is 3.92. The largest absolute Gasteiger partial charge is 0.573 e. The van der Waals surface area contributed by atoms with Crippen LogP contribution < -0.4 is 20.5 Å². The van der Waals surface area contributed by atoms with Gasteiger partial charge in [0.1, 0.15) is 11.5 Å². The summed E-state index contributed by atoms with van der Waals surface area (Å²) in [6, 6.07) is 13.1.